The summed E-state index contributed by atoms with van der Waals surface area (Å²) in [5.41, 5.74) is 1.66. The SMILES string of the molecule is Cc1cc(C)c(C#N)c(NCCC(F)(F)F)n1. The summed E-state index contributed by atoms with van der Waals surface area (Å²) < 4.78 is 35.9. The van der Waals surface area contributed by atoms with Crippen molar-refractivity contribution in [2.45, 2.75) is 26.4 Å². The van der Waals surface area contributed by atoms with E-state index in [4.69, 9.17) is 5.26 Å². The summed E-state index contributed by atoms with van der Waals surface area (Å²) in [4.78, 5) is 4.02. The topological polar surface area (TPSA) is 48.7 Å². The molecular weight excluding hydrogens is 231 g/mol. The Morgan fingerprint density at radius 3 is 2.59 bits per heavy atom. The molecule has 0 spiro atoms. The second-order valence-corrected chi connectivity index (χ2v) is 3.71. The second-order valence-electron chi connectivity index (χ2n) is 3.71. The molecule has 0 saturated heterocycles. The minimum Gasteiger partial charge on any atom is -0.369 e. The molecule has 1 aromatic heterocycles. The maximum absolute atomic E-state index is 12.0. The molecule has 0 aliphatic rings. The van der Waals surface area contributed by atoms with Gasteiger partial charge in [0.25, 0.3) is 0 Å². The molecule has 3 nitrogen and oxygen atoms in total. The van der Waals surface area contributed by atoms with E-state index in [1.807, 2.05) is 6.07 Å². The third kappa shape index (κ3) is 3.94. The number of alkyl halides is 3. The van der Waals surface area contributed by atoms with Crippen LogP contribution in [0.4, 0.5) is 19.0 Å². The molecule has 0 aliphatic carbocycles. The largest absolute Gasteiger partial charge is 0.390 e. The van der Waals surface area contributed by atoms with Gasteiger partial charge in [-0.25, -0.2) is 4.98 Å². The summed E-state index contributed by atoms with van der Waals surface area (Å²) >= 11 is 0. The lowest BCUT2D eigenvalue weighted by molar-refractivity contribution is -0.131. The molecule has 0 aromatic carbocycles. The van der Waals surface area contributed by atoms with Crippen molar-refractivity contribution in [1.29, 1.82) is 5.26 Å². The minimum atomic E-state index is -4.21. The van der Waals surface area contributed by atoms with Crippen molar-refractivity contribution in [2.24, 2.45) is 0 Å². The normalized spacial score (nSPS) is 11.1. The lowest BCUT2D eigenvalue weighted by Gasteiger charge is -2.11. The van der Waals surface area contributed by atoms with E-state index >= 15 is 0 Å². The first-order chi connectivity index (χ1) is 7.83. The number of rotatable bonds is 3. The van der Waals surface area contributed by atoms with Gasteiger partial charge in [0.15, 0.2) is 0 Å². The summed E-state index contributed by atoms with van der Waals surface area (Å²) in [6, 6.07) is 3.65. The Balaban J connectivity index is 2.81. The van der Waals surface area contributed by atoms with E-state index in [2.05, 4.69) is 10.3 Å². The third-order valence-electron chi connectivity index (χ3n) is 2.16. The monoisotopic (exact) mass is 243 g/mol. The number of hydrogen-bond donors (Lipinski definition) is 1. The van der Waals surface area contributed by atoms with E-state index in [1.54, 1.807) is 19.9 Å². The van der Waals surface area contributed by atoms with Gasteiger partial charge in [-0.15, -0.1) is 0 Å². The van der Waals surface area contributed by atoms with Crippen molar-refractivity contribution in [2.75, 3.05) is 11.9 Å². The van der Waals surface area contributed by atoms with Crippen LogP contribution in [0.15, 0.2) is 6.07 Å². The molecule has 1 heterocycles. The molecular formula is C11H12F3N3. The zero-order chi connectivity index (χ0) is 13.1. The van der Waals surface area contributed by atoms with E-state index in [1.165, 1.54) is 0 Å². The first kappa shape index (κ1) is 13.3. The fourth-order valence-corrected chi connectivity index (χ4v) is 1.43. The van der Waals surface area contributed by atoms with Gasteiger partial charge in [0.2, 0.25) is 0 Å². The van der Waals surface area contributed by atoms with Crippen LogP contribution in [-0.2, 0) is 0 Å². The fourth-order valence-electron chi connectivity index (χ4n) is 1.43. The molecule has 0 saturated carbocycles. The van der Waals surface area contributed by atoms with Gasteiger partial charge in [-0.1, -0.05) is 0 Å². The number of nitriles is 1. The lowest BCUT2D eigenvalue weighted by Crippen LogP contribution is -2.16. The third-order valence-corrected chi connectivity index (χ3v) is 2.16. The van der Waals surface area contributed by atoms with Gasteiger partial charge in [0.05, 0.1) is 12.0 Å². The van der Waals surface area contributed by atoms with E-state index in [0.29, 0.717) is 11.3 Å². The molecule has 0 unspecified atom stereocenters. The zero-order valence-corrected chi connectivity index (χ0v) is 9.52. The predicted molar refractivity (Wildman–Crippen MR) is 57.6 cm³/mol. The van der Waals surface area contributed by atoms with E-state index < -0.39 is 12.6 Å². The first-order valence-corrected chi connectivity index (χ1v) is 5.02. The highest BCUT2D eigenvalue weighted by molar-refractivity contribution is 5.56. The Kier molecular flexibility index (Phi) is 3.94. The van der Waals surface area contributed by atoms with Gasteiger partial charge in [0.1, 0.15) is 11.9 Å². The van der Waals surface area contributed by atoms with Crippen molar-refractivity contribution >= 4 is 5.82 Å². The Morgan fingerprint density at radius 2 is 2.06 bits per heavy atom. The maximum Gasteiger partial charge on any atom is 0.390 e. The maximum atomic E-state index is 12.0. The van der Waals surface area contributed by atoms with Crippen molar-refractivity contribution < 1.29 is 13.2 Å². The van der Waals surface area contributed by atoms with Crippen LogP contribution in [-0.4, -0.2) is 17.7 Å². The molecule has 1 N–H and O–H groups in total. The molecule has 1 rings (SSSR count). The molecule has 6 heteroatoms. The van der Waals surface area contributed by atoms with Crippen molar-refractivity contribution in [3.05, 3.63) is 22.9 Å². The average Bonchev–Trinajstić information content (AvgIpc) is 2.14. The van der Waals surface area contributed by atoms with Gasteiger partial charge in [0, 0.05) is 12.2 Å². The number of hydrogen-bond acceptors (Lipinski definition) is 3. The molecule has 0 aliphatic heterocycles. The van der Waals surface area contributed by atoms with Gasteiger partial charge >= 0.3 is 6.18 Å². The van der Waals surface area contributed by atoms with Crippen molar-refractivity contribution in [3.63, 3.8) is 0 Å². The summed E-state index contributed by atoms with van der Waals surface area (Å²) in [6.07, 6.45) is -5.16. The van der Waals surface area contributed by atoms with Crippen LogP contribution < -0.4 is 5.32 Å². The van der Waals surface area contributed by atoms with Gasteiger partial charge in [-0.3, -0.25) is 0 Å². The molecule has 17 heavy (non-hydrogen) atoms. The predicted octanol–water partition coefficient (Wildman–Crippen LogP) is 2.93. The molecule has 1 aromatic rings. The molecule has 0 amide bonds. The van der Waals surface area contributed by atoms with Crippen LogP contribution in [0.5, 0.6) is 0 Å². The van der Waals surface area contributed by atoms with Crippen LogP contribution >= 0.6 is 0 Å². The molecule has 92 valence electrons. The number of nitrogens with one attached hydrogen (secondary N) is 1. The van der Waals surface area contributed by atoms with Crippen LogP contribution in [0.3, 0.4) is 0 Å². The van der Waals surface area contributed by atoms with Crippen LogP contribution in [0.25, 0.3) is 0 Å². The van der Waals surface area contributed by atoms with E-state index in [9.17, 15) is 13.2 Å². The molecule has 0 bridgehead atoms. The second kappa shape index (κ2) is 5.04. The summed E-state index contributed by atoms with van der Waals surface area (Å²) in [7, 11) is 0. The summed E-state index contributed by atoms with van der Waals surface area (Å²) in [6.45, 7) is 3.17. The first-order valence-electron chi connectivity index (χ1n) is 5.02. The van der Waals surface area contributed by atoms with Crippen LogP contribution in [0.2, 0.25) is 0 Å². The summed E-state index contributed by atoms with van der Waals surface area (Å²) in [5.74, 6) is 0.217. The molecule has 0 atom stereocenters. The standard InChI is InChI=1S/C11H12F3N3/c1-7-5-8(2)17-10(9(7)6-15)16-4-3-11(12,13)14/h5H,3-4H2,1-2H3,(H,16,17). The Labute approximate surface area is 97.3 Å². The number of nitrogens with zero attached hydrogens (tertiary/aromatic N) is 2. The number of aromatic nitrogens is 1. The fraction of sp³-hybridized carbons (Fsp3) is 0.455. The highest BCUT2D eigenvalue weighted by Crippen LogP contribution is 2.21. The Hall–Kier alpha value is -1.77. The molecule has 0 fully saturated rings. The number of halogens is 3. The van der Waals surface area contributed by atoms with Gasteiger partial charge in [-0.05, 0) is 25.5 Å². The van der Waals surface area contributed by atoms with Gasteiger partial charge < -0.3 is 5.32 Å². The Bertz CT molecular complexity index is 447. The number of anilines is 1. The smallest absolute Gasteiger partial charge is 0.369 e. The Morgan fingerprint density at radius 1 is 1.41 bits per heavy atom. The van der Waals surface area contributed by atoms with E-state index in [-0.39, 0.29) is 17.9 Å². The van der Waals surface area contributed by atoms with Crippen molar-refractivity contribution in [3.8, 4) is 6.07 Å². The number of pyridine rings is 1. The quantitative estimate of drug-likeness (QED) is 0.887. The number of aryl methyl sites for hydroxylation is 2. The van der Waals surface area contributed by atoms with Crippen LogP contribution in [0.1, 0.15) is 23.2 Å². The minimum absolute atomic E-state index is 0.217. The average molecular weight is 243 g/mol. The lowest BCUT2D eigenvalue weighted by atomic mass is 10.1. The summed E-state index contributed by atoms with van der Waals surface area (Å²) in [5, 5.41) is 11.4. The molecule has 0 radical (unpaired) electrons. The van der Waals surface area contributed by atoms with Gasteiger partial charge in [-0.2, -0.15) is 18.4 Å². The highest BCUT2D eigenvalue weighted by atomic mass is 19.4. The van der Waals surface area contributed by atoms with Crippen molar-refractivity contribution in [1.82, 2.24) is 4.98 Å². The van der Waals surface area contributed by atoms with E-state index in [0.717, 1.165) is 0 Å². The zero-order valence-electron chi connectivity index (χ0n) is 9.52. The van der Waals surface area contributed by atoms with Crippen LogP contribution in [0, 0.1) is 25.2 Å². The highest BCUT2D eigenvalue weighted by Gasteiger charge is 2.26.